The third-order valence-corrected chi connectivity index (χ3v) is 4.06. The number of amides is 2. The van der Waals surface area contributed by atoms with Gasteiger partial charge in [-0.1, -0.05) is 0 Å². The maximum absolute atomic E-state index is 11.8. The number of imide groups is 1. The van der Waals surface area contributed by atoms with Gasteiger partial charge in [-0.15, -0.1) is 0 Å². The zero-order chi connectivity index (χ0) is 22.0. The number of nitrogens with zero attached hydrogens (tertiary/aromatic N) is 1. The number of rotatable bonds is 20. The minimum Gasteiger partial charge on any atom is -0.481 e. The standard InChI is InChI=1S/C20H31NO9/c22-17(3-1-8-21-18(23)5-6-19(21)24)4-2-9-27-11-13-29-15-16-30-14-12-28-10-7-20(25)26/h5-6H,1-4,7-16H2,(H,25,26). The molecule has 0 aromatic carbocycles. The van der Waals surface area contributed by atoms with Crippen LogP contribution in [0.15, 0.2) is 12.2 Å². The molecule has 10 heteroatoms. The van der Waals surface area contributed by atoms with E-state index in [-0.39, 0.29) is 37.2 Å². The predicted octanol–water partition coefficient (Wildman–Crippen LogP) is 0.582. The third-order valence-electron chi connectivity index (χ3n) is 4.06. The molecule has 0 fully saturated rings. The first kappa shape index (κ1) is 25.9. The molecule has 170 valence electrons. The quantitative estimate of drug-likeness (QED) is 0.218. The summed E-state index contributed by atoms with van der Waals surface area (Å²) in [6.07, 6.45) is 4.30. The van der Waals surface area contributed by atoms with Crippen molar-refractivity contribution in [3.8, 4) is 0 Å². The van der Waals surface area contributed by atoms with Crippen LogP contribution in [0.5, 0.6) is 0 Å². The summed E-state index contributed by atoms with van der Waals surface area (Å²) in [7, 11) is 0. The Bertz CT molecular complexity index is 559. The lowest BCUT2D eigenvalue weighted by molar-refractivity contribution is -0.139. The summed E-state index contributed by atoms with van der Waals surface area (Å²) in [6.45, 7) is 3.34. The number of hydrogen-bond acceptors (Lipinski definition) is 8. The lowest BCUT2D eigenvalue weighted by atomic mass is 10.1. The molecule has 1 aliphatic rings. The van der Waals surface area contributed by atoms with Crippen LogP contribution in [0.4, 0.5) is 0 Å². The molecule has 0 unspecified atom stereocenters. The monoisotopic (exact) mass is 429 g/mol. The predicted molar refractivity (Wildman–Crippen MR) is 105 cm³/mol. The van der Waals surface area contributed by atoms with Crippen LogP contribution in [0, 0.1) is 0 Å². The van der Waals surface area contributed by atoms with Crippen LogP contribution in [0.3, 0.4) is 0 Å². The Morgan fingerprint density at radius 3 is 1.70 bits per heavy atom. The smallest absolute Gasteiger partial charge is 0.305 e. The van der Waals surface area contributed by atoms with E-state index >= 15 is 0 Å². The molecule has 1 N–H and O–H groups in total. The maximum Gasteiger partial charge on any atom is 0.305 e. The van der Waals surface area contributed by atoms with Crippen molar-refractivity contribution in [3.63, 3.8) is 0 Å². The van der Waals surface area contributed by atoms with Crippen molar-refractivity contribution in [1.29, 1.82) is 0 Å². The van der Waals surface area contributed by atoms with E-state index in [4.69, 9.17) is 24.1 Å². The van der Waals surface area contributed by atoms with Crippen LogP contribution < -0.4 is 0 Å². The summed E-state index contributed by atoms with van der Waals surface area (Å²) in [4.78, 5) is 46.0. The molecular formula is C20H31NO9. The Labute approximate surface area is 176 Å². The van der Waals surface area contributed by atoms with Crippen molar-refractivity contribution in [1.82, 2.24) is 4.90 Å². The molecule has 0 aromatic heterocycles. The van der Waals surface area contributed by atoms with Crippen LogP contribution >= 0.6 is 0 Å². The molecule has 0 saturated heterocycles. The first-order valence-electron chi connectivity index (χ1n) is 10.1. The second-order valence-corrected chi connectivity index (χ2v) is 6.50. The molecule has 1 rings (SSSR count). The van der Waals surface area contributed by atoms with Gasteiger partial charge in [-0.05, 0) is 12.8 Å². The Balaban J connectivity index is 1.78. The summed E-state index contributed by atoms with van der Waals surface area (Å²) in [5.41, 5.74) is 0. The zero-order valence-electron chi connectivity index (χ0n) is 17.2. The number of ketones is 1. The lowest BCUT2D eigenvalue weighted by Crippen LogP contribution is -2.31. The van der Waals surface area contributed by atoms with Crippen LogP contribution in [0.2, 0.25) is 0 Å². The number of carbonyl (C=O) groups excluding carboxylic acids is 3. The number of aliphatic carboxylic acids is 1. The van der Waals surface area contributed by atoms with Gasteiger partial charge in [-0.2, -0.15) is 0 Å². The van der Waals surface area contributed by atoms with Crippen LogP contribution in [-0.4, -0.2) is 93.0 Å². The van der Waals surface area contributed by atoms with E-state index in [0.717, 1.165) is 4.90 Å². The Hall–Kier alpha value is -2.14. The van der Waals surface area contributed by atoms with E-state index in [1.165, 1.54) is 12.2 Å². The Morgan fingerprint density at radius 2 is 1.17 bits per heavy atom. The molecule has 0 bridgehead atoms. The van der Waals surface area contributed by atoms with Crippen molar-refractivity contribution >= 4 is 23.6 Å². The summed E-state index contributed by atoms with van der Waals surface area (Å²) < 4.78 is 21.1. The molecule has 0 radical (unpaired) electrons. The molecule has 0 atom stereocenters. The first-order valence-corrected chi connectivity index (χ1v) is 10.1. The van der Waals surface area contributed by atoms with Gasteiger partial charge >= 0.3 is 5.97 Å². The second-order valence-electron chi connectivity index (χ2n) is 6.50. The zero-order valence-corrected chi connectivity index (χ0v) is 17.2. The highest BCUT2D eigenvalue weighted by molar-refractivity contribution is 6.12. The Morgan fingerprint density at radius 1 is 0.700 bits per heavy atom. The largest absolute Gasteiger partial charge is 0.481 e. The van der Waals surface area contributed by atoms with Gasteiger partial charge < -0.3 is 24.1 Å². The van der Waals surface area contributed by atoms with Gasteiger partial charge in [-0.25, -0.2) is 0 Å². The normalized spacial score (nSPS) is 13.4. The molecule has 30 heavy (non-hydrogen) atoms. The van der Waals surface area contributed by atoms with Crippen molar-refractivity contribution in [3.05, 3.63) is 12.2 Å². The minimum absolute atomic E-state index is 0.0156. The second kappa shape index (κ2) is 16.6. The van der Waals surface area contributed by atoms with Crippen molar-refractivity contribution in [2.45, 2.75) is 32.1 Å². The number of carbonyl (C=O) groups is 4. The number of ether oxygens (including phenoxy) is 4. The number of hydrogen-bond donors (Lipinski definition) is 1. The first-order chi connectivity index (χ1) is 14.5. The van der Waals surface area contributed by atoms with Gasteiger partial charge in [0, 0.05) is 38.1 Å². The fraction of sp³-hybridized carbons (Fsp3) is 0.700. The molecule has 2 amide bonds. The highest BCUT2D eigenvalue weighted by Crippen LogP contribution is 2.07. The van der Waals surface area contributed by atoms with Crippen molar-refractivity contribution < 1.29 is 43.2 Å². The van der Waals surface area contributed by atoms with E-state index in [2.05, 4.69) is 0 Å². The topological polar surface area (TPSA) is 129 Å². The van der Waals surface area contributed by atoms with E-state index in [9.17, 15) is 19.2 Å². The third kappa shape index (κ3) is 13.2. The fourth-order valence-electron chi connectivity index (χ4n) is 2.50. The SMILES string of the molecule is O=C(O)CCOCCOCCOCCOCCCC(=O)CCCN1C(=O)C=CC1=O. The van der Waals surface area contributed by atoms with E-state index in [0.29, 0.717) is 71.9 Å². The highest BCUT2D eigenvalue weighted by Gasteiger charge is 2.22. The lowest BCUT2D eigenvalue weighted by Gasteiger charge is -2.12. The summed E-state index contributed by atoms with van der Waals surface area (Å²) in [5, 5.41) is 8.43. The minimum atomic E-state index is -0.888. The molecule has 0 spiro atoms. The number of carboxylic acid groups (broad SMARTS) is 1. The molecule has 1 heterocycles. The number of carboxylic acids is 1. The van der Waals surface area contributed by atoms with Gasteiger partial charge in [0.25, 0.3) is 11.8 Å². The van der Waals surface area contributed by atoms with Crippen molar-refractivity contribution in [2.24, 2.45) is 0 Å². The van der Waals surface area contributed by atoms with Crippen LogP contribution in [0.25, 0.3) is 0 Å². The maximum atomic E-state index is 11.8. The van der Waals surface area contributed by atoms with Gasteiger partial charge in [0.2, 0.25) is 0 Å². The summed E-state index contributed by atoms with van der Waals surface area (Å²) in [5.74, 6) is -1.44. The summed E-state index contributed by atoms with van der Waals surface area (Å²) in [6, 6.07) is 0. The Kier molecular flexibility index (Phi) is 14.4. The molecule has 0 saturated carbocycles. The van der Waals surface area contributed by atoms with Gasteiger partial charge in [-0.3, -0.25) is 24.1 Å². The van der Waals surface area contributed by atoms with E-state index in [1.807, 2.05) is 0 Å². The van der Waals surface area contributed by atoms with E-state index in [1.54, 1.807) is 0 Å². The molecule has 1 aliphatic heterocycles. The molecule has 0 aromatic rings. The van der Waals surface area contributed by atoms with Gasteiger partial charge in [0.05, 0.1) is 52.7 Å². The van der Waals surface area contributed by atoms with Crippen LogP contribution in [-0.2, 0) is 38.1 Å². The van der Waals surface area contributed by atoms with Gasteiger partial charge in [0.15, 0.2) is 0 Å². The molecule has 10 nitrogen and oxygen atoms in total. The molecular weight excluding hydrogens is 398 g/mol. The van der Waals surface area contributed by atoms with Crippen molar-refractivity contribution in [2.75, 3.05) is 59.4 Å². The number of Topliss-reactive ketones (excluding diaryl/α,β-unsaturated/α-hetero) is 1. The van der Waals surface area contributed by atoms with E-state index < -0.39 is 5.97 Å². The fourth-order valence-corrected chi connectivity index (χ4v) is 2.50. The summed E-state index contributed by atoms with van der Waals surface area (Å²) >= 11 is 0. The highest BCUT2D eigenvalue weighted by atomic mass is 16.6. The average molecular weight is 429 g/mol. The van der Waals surface area contributed by atoms with Crippen LogP contribution in [0.1, 0.15) is 32.1 Å². The average Bonchev–Trinajstić information content (AvgIpc) is 3.02. The van der Waals surface area contributed by atoms with Gasteiger partial charge in [0.1, 0.15) is 5.78 Å². The molecule has 0 aliphatic carbocycles.